The summed E-state index contributed by atoms with van der Waals surface area (Å²) in [6.45, 7) is 3.29. The molecule has 0 saturated carbocycles. The summed E-state index contributed by atoms with van der Waals surface area (Å²) in [5.41, 5.74) is -0.215. The van der Waals surface area contributed by atoms with Crippen LogP contribution in [0.1, 0.15) is 12.7 Å². The first-order valence-electron chi connectivity index (χ1n) is 5.58. The molecule has 19 heavy (non-hydrogen) atoms. The number of hydrogen-bond donors (Lipinski definition) is 1. The lowest BCUT2D eigenvalue weighted by molar-refractivity contribution is 0.578. The van der Waals surface area contributed by atoms with Crippen LogP contribution in [0.2, 0.25) is 0 Å². The standard InChI is InChI=1S/C10H13ClN4O3S/c1-6(4-11)5-19(17,18)9-3-8-13-14-10(16)15(8)7(2)12-9/h3,6H,4-5H2,1-2H3,(H,14,16). The van der Waals surface area contributed by atoms with E-state index in [1.54, 1.807) is 13.8 Å². The van der Waals surface area contributed by atoms with E-state index in [4.69, 9.17) is 11.6 Å². The average molecular weight is 305 g/mol. The Balaban J connectivity index is 2.55. The van der Waals surface area contributed by atoms with Crippen LogP contribution in [0.3, 0.4) is 0 Å². The fourth-order valence-corrected chi connectivity index (χ4v) is 3.57. The molecular weight excluding hydrogens is 292 g/mol. The van der Waals surface area contributed by atoms with Gasteiger partial charge in [0.2, 0.25) is 0 Å². The Morgan fingerprint density at radius 1 is 1.53 bits per heavy atom. The molecule has 9 heteroatoms. The highest BCUT2D eigenvalue weighted by molar-refractivity contribution is 7.91. The maximum atomic E-state index is 12.2. The van der Waals surface area contributed by atoms with E-state index >= 15 is 0 Å². The Hall–Kier alpha value is -1.41. The normalized spacial score (nSPS) is 13.8. The van der Waals surface area contributed by atoms with Crippen molar-refractivity contribution in [2.45, 2.75) is 18.9 Å². The van der Waals surface area contributed by atoms with Crippen LogP contribution in [0.25, 0.3) is 5.65 Å². The third-order valence-corrected chi connectivity index (χ3v) is 5.01. The maximum Gasteiger partial charge on any atom is 0.349 e. The van der Waals surface area contributed by atoms with Crippen molar-refractivity contribution in [1.82, 2.24) is 19.6 Å². The smallest absolute Gasteiger partial charge is 0.246 e. The Kier molecular flexibility index (Phi) is 3.64. The number of nitrogens with one attached hydrogen (secondary N) is 1. The highest BCUT2D eigenvalue weighted by atomic mass is 35.5. The third kappa shape index (κ3) is 2.64. The largest absolute Gasteiger partial charge is 0.349 e. The van der Waals surface area contributed by atoms with Gasteiger partial charge in [0.15, 0.2) is 20.5 Å². The zero-order valence-corrected chi connectivity index (χ0v) is 12.0. The van der Waals surface area contributed by atoms with Crippen molar-refractivity contribution >= 4 is 27.1 Å². The number of nitrogens with zero attached hydrogens (tertiary/aromatic N) is 3. The Morgan fingerprint density at radius 2 is 2.21 bits per heavy atom. The lowest BCUT2D eigenvalue weighted by atomic mass is 10.3. The number of halogens is 1. The van der Waals surface area contributed by atoms with Gasteiger partial charge in [-0.25, -0.2) is 27.7 Å². The number of aryl methyl sites for hydroxylation is 1. The molecule has 2 heterocycles. The topological polar surface area (TPSA) is 97.2 Å². The number of alkyl halides is 1. The molecule has 0 aliphatic heterocycles. The van der Waals surface area contributed by atoms with E-state index < -0.39 is 15.5 Å². The fourth-order valence-electron chi connectivity index (χ4n) is 1.73. The zero-order valence-electron chi connectivity index (χ0n) is 10.4. The van der Waals surface area contributed by atoms with Gasteiger partial charge in [0.25, 0.3) is 0 Å². The van der Waals surface area contributed by atoms with Gasteiger partial charge in [-0.15, -0.1) is 11.6 Å². The van der Waals surface area contributed by atoms with Crippen LogP contribution in [0.15, 0.2) is 15.9 Å². The lowest BCUT2D eigenvalue weighted by Gasteiger charge is -2.09. The molecule has 0 aliphatic rings. The molecule has 2 aromatic heterocycles. The molecule has 1 atom stereocenters. The van der Waals surface area contributed by atoms with Gasteiger partial charge in [-0.1, -0.05) is 6.92 Å². The van der Waals surface area contributed by atoms with Crippen LogP contribution in [-0.4, -0.2) is 39.6 Å². The molecule has 1 N–H and O–H groups in total. The van der Waals surface area contributed by atoms with Crippen molar-refractivity contribution in [3.8, 4) is 0 Å². The maximum absolute atomic E-state index is 12.2. The van der Waals surface area contributed by atoms with Crippen molar-refractivity contribution in [2.75, 3.05) is 11.6 Å². The van der Waals surface area contributed by atoms with E-state index in [0.717, 1.165) is 0 Å². The number of H-pyrrole nitrogens is 1. The number of aromatic nitrogens is 4. The van der Waals surface area contributed by atoms with Gasteiger partial charge in [-0.05, 0) is 12.8 Å². The van der Waals surface area contributed by atoms with Crippen molar-refractivity contribution < 1.29 is 8.42 Å². The minimum absolute atomic E-state index is 0.0894. The molecule has 2 rings (SSSR count). The minimum atomic E-state index is -3.54. The molecule has 0 spiro atoms. The number of fused-ring (bicyclic) bond motifs is 1. The van der Waals surface area contributed by atoms with Crippen LogP contribution in [-0.2, 0) is 9.84 Å². The molecule has 0 aromatic carbocycles. The molecule has 0 amide bonds. The predicted molar refractivity (Wildman–Crippen MR) is 70.3 cm³/mol. The highest BCUT2D eigenvalue weighted by Gasteiger charge is 2.21. The minimum Gasteiger partial charge on any atom is -0.246 e. The van der Waals surface area contributed by atoms with Gasteiger partial charge in [0.1, 0.15) is 5.82 Å². The predicted octanol–water partition coefficient (Wildman–Crippen LogP) is 0.375. The summed E-state index contributed by atoms with van der Waals surface area (Å²) in [6.07, 6.45) is 0. The summed E-state index contributed by atoms with van der Waals surface area (Å²) < 4.78 is 25.5. The Labute approximate surface area is 114 Å². The number of hydrogen-bond acceptors (Lipinski definition) is 5. The molecule has 7 nitrogen and oxygen atoms in total. The molecule has 0 fully saturated rings. The lowest BCUT2D eigenvalue weighted by Crippen LogP contribution is -2.19. The van der Waals surface area contributed by atoms with E-state index in [-0.39, 0.29) is 34.0 Å². The first-order valence-corrected chi connectivity index (χ1v) is 7.77. The first kappa shape index (κ1) is 14.0. The fraction of sp³-hybridized carbons (Fsp3) is 0.500. The number of aromatic amines is 1. The van der Waals surface area contributed by atoms with E-state index in [9.17, 15) is 13.2 Å². The first-order chi connectivity index (χ1) is 8.85. The van der Waals surface area contributed by atoms with E-state index in [1.165, 1.54) is 10.5 Å². The van der Waals surface area contributed by atoms with Gasteiger partial charge >= 0.3 is 5.69 Å². The molecule has 0 saturated heterocycles. The number of sulfone groups is 1. The summed E-state index contributed by atoms with van der Waals surface area (Å²) in [5.74, 6) is 0.260. The van der Waals surface area contributed by atoms with Gasteiger partial charge in [-0.2, -0.15) is 5.10 Å². The number of rotatable bonds is 4. The summed E-state index contributed by atoms with van der Waals surface area (Å²) >= 11 is 5.63. The molecular formula is C10H13ClN4O3S. The van der Waals surface area contributed by atoms with Gasteiger partial charge < -0.3 is 0 Å². The van der Waals surface area contributed by atoms with Gasteiger partial charge in [0, 0.05) is 11.9 Å². The van der Waals surface area contributed by atoms with Crippen molar-refractivity contribution in [2.24, 2.45) is 5.92 Å². The Morgan fingerprint density at radius 3 is 2.84 bits per heavy atom. The van der Waals surface area contributed by atoms with E-state index in [2.05, 4.69) is 15.2 Å². The molecule has 0 bridgehead atoms. The van der Waals surface area contributed by atoms with Crippen molar-refractivity contribution in [1.29, 1.82) is 0 Å². The van der Waals surface area contributed by atoms with Gasteiger partial charge in [-0.3, -0.25) is 0 Å². The summed E-state index contributed by atoms with van der Waals surface area (Å²) in [7, 11) is -3.54. The molecule has 0 aliphatic carbocycles. The summed E-state index contributed by atoms with van der Waals surface area (Å²) in [5, 5.41) is 5.91. The molecule has 0 radical (unpaired) electrons. The van der Waals surface area contributed by atoms with E-state index in [1.807, 2.05) is 0 Å². The summed E-state index contributed by atoms with van der Waals surface area (Å²) in [4.78, 5) is 15.4. The SMILES string of the molecule is Cc1nc(S(=O)(=O)CC(C)CCl)cc2n[nH]c(=O)n12. The summed E-state index contributed by atoms with van der Waals surface area (Å²) in [6, 6.07) is 1.28. The second-order valence-corrected chi connectivity index (χ2v) is 6.69. The van der Waals surface area contributed by atoms with Crippen molar-refractivity contribution in [3.63, 3.8) is 0 Å². The van der Waals surface area contributed by atoms with Crippen LogP contribution in [0.4, 0.5) is 0 Å². The quantitative estimate of drug-likeness (QED) is 0.650. The monoisotopic (exact) mass is 304 g/mol. The van der Waals surface area contributed by atoms with Gasteiger partial charge in [0.05, 0.1) is 5.75 Å². The second-order valence-electron chi connectivity index (χ2n) is 4.40. The molecule has 2 aromatic rings. The zero-order chi connectivity index (χ0) is 14.2. The van der Waals surface area contributed by atoms with Crippen LogP contribution in [0.5, 0.6) is 0 Å². The van der Waals surface area contributed by atoms with Crippen LogP contribution in [0, 0.1) is 12.8 Å². The Bertz CT molecular complexity index is 765. The van der Waals surface area contributed by atoms with Crippen LogP contribution >= 0.6 is 11.6 Å². The highest BCUT2D eigenvalue weighted by Crippen LogP contribution is 2.14. The van der Waals surface area contributed by atoms with Crippen LogP contribution < -0.4 is 5.69 Å². The van der Waals surface area contributed by atoms with Crippen molar-refractivity contribution in [3.05, 3.63) is 22.4 Å². The molecule has 104 valence electrons. The second kappa shape index (κ2) is 4.93. The van der Waals surface area contributed by atoms with E-state index in [0.29, 0.717) is 0 Å². The third-order valence-electron chi connectivity index (χ3n) is 2.63. The average Bonchev–Trinajstić information content (AvgIpc) is 2.71. The molecule has 1 unspecified atom stereocenters.